The molecule has 0 saturated carbocycles. The number of piperidine rings is 1. The van der Waals surface area contributed by atoms with Crippen LogP contribution in [-0.4, -0.2) is 39.1 Å². The van der Waals surface area contributed by atoms with Gasteiger partial charge in [0, 0.05) is 37.3 Å². The average molecular weight is 397 g/mol. The molecule has 1 aromatic carbocycles. The third-order valence-corrected chi connectivity index (χ3v) is 5.42. The van der Waals surface area contributed by atoms with Crippen molar-refractivity contribution in [2.75, 3.05) is 13.1 Å². The Bertz CT molecular complexity index is 1030. The van der Waals surface area contributed by atoms with Gasteiger partial charge in [-0.2, -0.15) is 5.10 Å². The molecule has 1 atom stereocenters. The average Bonchev–Trinajstić information content (AvgIpc) is 3.18. The van der Waals surface area contributed by atoms with E-state index < -0.39 is 5.56 Å². The normalized spacial score (nSPS) is 16.9. The third-order valence-electron chi connectivity index (χ3n) is 5.20. The van der Waals surface area contributed by atoms with E-state index in [2.05, 4.69) is 27.3 Å². The van der Waals surface area contributed by atoms with Crippen molar-refractivity contribution in [1.82, 2.24) is 20.1 Å². The van der Waals surface area contributed by atoms with Gasteiger partial charge in [-0.1, -0.05) is 41.9 Å². The Balaban J connectivity index is 1.53. The van der Waals surface area contributed by atoms with Crippen LogP contribution in [0.5, 0.6) is 0 Å². The SMILES string of the molecule is O=C(c1cc(Cl)c[nH]c1=O)N1CCC[C@@H](c2[nH]ncc2Cc2ccccc2)C1. The van der Waals surface area contributed by atoms with Crippen molar-refractivity contribution in [3.8, 4) is 0 Å². The number of carbonyl (C=O) groups is 1. The molecule has 2 aromatic heterocycles. The van der Waals surface area contributed by atoms with Gasteiger partial charge in [0.15, 0.2) is 0 Å². The Kier molecular flexibility index (Phi) is 5.30. The number of benzene rings is 1. The summed E-state index contributed by atoms with van der Waals surface area (Å²) in [5.74, 6) is -0.116. The Morgan fingerprint density at radius 3 is 2.93 bits per heavy atom. The van der Waals surface area contributed by atoms with Crippen molar-refractivity contribution in [1.29, 1.82) is 0 Å². The summed E-state index contributed by atoms with van der Waals surface area (Å²) in [5, 5.41) is 7.73. The summed E-state index contributed by atoms with van der Waals surface area (Å²) in [6.45, 7) is 1.18. The fourth-order valence-electron chi connectivity index (χ4n) is 3.81. The van der Waals surface area contributed by atoms with Crippen molar-refractivity contribution in [2.24, 2.45) is 0 Å². The lowest BCUT2D eigenvalue weighted by Gasteiger charge is -2.32. The maximum Gasteiger partial charge on any atom is 0.260 e. The number of aromatic nitrogens is 3. The lowest BCUT2D eigenvalue weighted by atomic mass is 9.90. The van der Waals surface area contributed by atoms with E-state index in [0.29, 0.717) is 18.1 Å². The number of aromatic amines is 2. The van der Waals surface area contributed by atoms with Gasteiger partial charge in [0.2, 0.25) is 0 Å². The summed E-state index contributed by atoms with van der Waals surface area (Å²) in [5.41, 5.74) is 3.11. The van der Waals surface area contributed by atoms with Crippen molar-refractivity contribution >= 4 is 17.5 Å². The fourth-order valence-corrected chi connectivity index (χ4v) is 3.98. The van der Waals surface area contributed by atoms with Gasteiger partial charge < -0.3 is 9.88 Å². The second-order valence-corrected chi connectivity index (χ2v) is 7.56. The van der Waals surface area contributed by atoms with E-state index in [4.69, 9.17) is 11.6 Å². The molecule has 6 nitrogen and oxygen atoms in total. The van der Waals surface area contributed by atoms with E-state index in [0.717, 1.165) is 30.5 Å². The van der Waals surface area contributed by atoms with Crippen LogP contribution in [0, 0.1) is 0 Å². The number of hydrogen-bond acceptors (Lipinski definition) is 3. The minimum absolute atomic E-state index is 0.0854. The maximum absolute atomic E-state index is 12.9. The molecule has 3 heterocycles. The summed E-state index contributed by atoms with van der Waals surface area (Å²) in [4.78, 5) is 29.2. The molecule has 2 N–H and O–H groups in total. The molecular weight excluding hydrogens is 376 g/mol. The number of halogens is 1. The molecule has 1 amide bonds. The molecule has 0 radical (unpaired) electrons. The summed E-state index contributed by atoms with van der Waals surface area (Å²) in [6, 6.07) is 11.7. The van der Waals surface area contributed by atoms with Crippen LogP contribution in [0.4, 0.5) is 0 Å². The van der Waals surface area contributed by atoms with Crippen LogP contribution in [0.3, 0.4) is 0 Å². The van der Waals surface area contributed by atoms with Gasteiger partial charge in [-0.25, -0.2) is 0 Å². The molecule has 1 aliphatic rings. The molecule has 4 rings (SSSR count). The minimum Gasteiger partial charge on any atom is -0.338 e. The van der Waals surface area contributed by atoms with Crippen LogP contribution in [0.25, 0.3) is 0 Å². The summed E-state index contributed by atoms with van der Waals surface area (Å²) < 4.78 is 0. The topological polar surface area (TPSA) is 81.9 Å². The van der Waals surface area contributed by atoms with Crippen molar-refractivity contribution in [3.63, 3.8) is 0 Å². The molecule has 1 saturated heterocycles. The first kappa shape index (κ1) is 18.5. The van der Waals surface area contributed by atoms with Gasteiger partial charge in [0.05, 0.1) is 11.2 Å². The maximum atomic E-state index is 12.9. The van der Waals surface area contributed by atoms with Gasteiger partial charge in [-0.05, 0) is 30.0 Å². The predicted octanol–water partition coefficient (Wildman–Crippen LogP) is 3.36. The van der Waals surface area contributed by atoms with E-state index in [-0.39, 0.29) is 17.4 Å². The number of H-pyrrole nitrogens is 2. The zero-order valence-corrected chi connectivity index (χ0v) is 16.1. The molecule has 144 valence electrons. The highest BCUT2D eigenvalue weighted by atomic mass is 35.5. The fraction of sp³-hybridized carbons (Fsp3) is 0.286. The van der Waals surface area contributed by atoms with E-state index in [9.17, 15) is 9.59 Å². The number of nitrogens with zero attached hydrogens (tertiary/aromatic N) is 2. The first-order valence-electron chi connectivity index (χ1n) is 9.35. The predicted molar refractivity (Wildman–Crippen MR) is 108 cm³/mol. The molecule has 28 heavy (non-hydrogen) atoms. The van der Waals surface area contributed by atoms with E-state index >= 15 is 0 Å². The van der Waals surface area contributed by atoms with Crippen LogP contribution in [0.1, 0.15) is 45.9 Å². The van der Waals surface area contributed by atoms with E-state index in [1.165, 1.54) is 17.8 Å². The molecule has 0 aliphatic carbocycles. The van der Waals surface area contributed by atoms with Crippen LogP contribution in [0.15, 0.2) is 53.6 Å². The second kappa shape index (κ2) is 8.02. The summed E-state index contributed by atoms with van der Waals surface area (Å²) in [7, 11) is 0. The highest BCUT2D eigenvalue weighted by Crippen LogP contribution is 2.29. The first-order valence-corrected chi connectivity index (χ1v) is 9.73. The zero-order valence-electron chi connectivity index (χ0n) is 15.3. The van der Waals surface area contributed by atoms with Crippen LogP contribution < -0.4 is 5.56 Å². The van der Waals surface area contributed by atoms with E-state index in [1.54, 1.807) is 4.90 Å². The molecule has 1 fully saturated rings. The van der Waals surface area contributed by atoms with Gasteiger partial charge in [0.1, 0.15) is 5.56 Å². The number of nitrogens with one attached hydrogen (secondary N) is 2. The molecular formula is C21H21ClN4O2. The van der Waals surface area contributed by atoms with Crippen molar-refractivity contribution in [2.45, 2.75) is 25.2 Å². The highest BCUT2D eigenvalue weighted by Gasteiger charge is 2.29. The molecule has 1 aliphatic heterocycles. The highest BCUT2D eigenvalue weighted by molar-refractivity contribution is 6.30. The standard InChI is InChI=1S/C21H21ClN4O2/c22-17-10-18(20(27)23-12-17)21(28)26-8-4-7-15(13-26)19-16(11-24-25-19)9-14-5-2-1-3-6-14/h1-3,5-6,10-12,15H,4,7-9,13H2,(H,23,27)(H,24,25)/t15-/m1/s1. The third kappa shape index (κ3) is 3.87. The van der Waals surface area contributed by atoms with Crippen LogP contribution in [-0.2, 0) is 6.42 Å². The molecule has 0 unspecified atom stereocenters. The van der Waals surface area contributed by atoms with Gasteiger partial charge in [0.25, 0.3) is 11.5 Å². The zero-order chi connectivity index (χ0) is 19.5. The van der Waals surface area contributed by atoms with Crippen molar-refractivity contribution in [3.05, 3.63) is 86.6 Å². The number of carbonyl (C=O) groups excluding carboxylic acids is 1. The number of amides is 1. The number of likely N-dealkylation sites (tertiary alicyclic amines) is 1. The number of rotatable bonds is 4. The van der Waals surface area contributed by atoms with Crippen LogP contribution in [0.2, 0.25) is 5.02 Å². The van der Waals surface area contributed by atoms with E-state index in [1.807, 2.05) is 24.4 Å². The smallest absolute Gasteiger partial charge is 0.260 e. The van der Waals surface area contributed by atoms with Gasteiger partial charge in [-0.3, -0.25) is 14.7 Å². The lowest BCUT2D eigenvalue weighted by Crippen LogP contribution is -2.41. The number of hydrogen-bond donors (Lipinski definition) is 2. The Labute approximate surface area is 167 Å². The lowest BCUT2D eigenvalue weighted by molar-refractivity contribution is 0.0703. The number of pyridine rings is 1. The monoisotopic (exact) mass is 396 g/mol. The summed E-state index contributed by atoms with van der Waals surface area (Å²) >= 11 is 5.95. The second-order valence-electron chi connectivity index (χ2n) is 7.12. The Morgan fingerprint density at radius 1 is 1.29 bits per heavy atom. The molecule has 3 aromatic rings. The van der Waals surface area contributed by atoms with Crippen LogP contribution >= 0.6 is 11.6 Å². The molecule has 0 spiro atoms. The van der Waals surface area contributed by atoms with Gasteiger partial charge >= 0.3 is 0 Å². The largest absolute Gasteiger partial charge is 0.338 e. The quantitative estimate of drug-likeness (QED) is 0.709. The molecule has 0 bridgehead atoms. The summed E-state index contributed by atoms with van der Waals surface area (Å²) in [6.07, 6.45) is 5.90. The Morgan fingerprint density at radius 2 is 2.11 bits per heavy atom. The van der Waals surface area contributed by atoms with Gasteiger partial charge in [-0.15, -0.1) is 0 Å². The Hall–Kier alpha value is -2.86. The van der Waals surface area contributed by atoms with Crippen molar-refractivity contribution < 1.29 is 4.79 Å². The molecule has 7 heteroatoms. The minimum atomic E-state index is -0.414. The first-order chi connectivity index (χ1) is 13.6.